The van der Waals surface area contributed by atoms with E-state index >= 15 is 0 Å². The van der Waals surface area contributed by atoms with Crippen LogP contribution in [0.5, 0.6) is 0 Å². The van der Waals surface area contributed by atoms with Crippen molar-refractivity contribution in [1.82, 2.24) is 5.32 Å². The average Bonchev–Trinajstić information content (AvgIpc) is 3.22. The van der Waals surface area contributed by atoms with Gasteiger partial charge < -0.3 is 20.3 Å². The van der Waals surface area contributed by atoms with Crippen molar-refractivity contribution in [3.63, 3.8) is 0 Å². The fourth-order valence-electron chi connectivity index (χ4n) is 8.79. The Bertz CT molecular complexity index is 1280. The third kappa shape index (κ3) is 5.46. The third-order valence-corrected chi connectivity index (χ3v) is 11.1. The molecule has 0 radical (unpaired) electrons. The number of Topliss-reactive ketones (excluding diaryl/α,β-unsaturated/α-hetero) is 1. The van der Waals surface area contributed by atoms with Gasteiger partial charge in [-0.2, -0.15) is 0 Å². The molecule has 4 aliphatic carbocycles. The molecule has 3 fully saturated rings. The predicted molar refractivity (Wildman–Crippen MR) is 151 cm³/mol. The minimum absolute atomic E-state index is 0.0270. The summed E-state index contributed by atoms with van der Waals surface area (Å²) in [7, 11) is 0. The van der Waals surface area contributed by atoms with Gasteiger partial charge in [0.2, 0.25) is 11.7 Å². The Kier molecular flexibility index (Phi) is 8.47. The van der Waals surface area contributed by atoms with E-state index in [2.05, 4.69) is 12.2 Å². The lowest BCUT2D eigenvalue weighted by molar-refractivity contribution is -0.184. The van der Waals surface area contributed by atoms with Crippen molar-refractivity contribution in [2.45, 2.75) is 89.8 Å². The fourth-order valence-corrected chi connectivity index (χ4v) is 8.79. The first-order valence-electron chi connectivity index (χ1n) is 15.2. The number of benzene rings is 1. The number of hydrogen-bond donors (Lipinski definition) is 3. The van der Waals surface area contributed by atoms with Crippen LogP contribution in [0.2, 0.25) is 0 Å². The van der Waals surface area contributed by atoms with Gasteiger partial charge >= 0.3 is 5.97 Å². The summed E-state index contributed by atoms with van der Waals surface area (Å²) >= 11 is 0. The molecule has 9 heteroatoms. The SMILES string of the molecule is C[C@]12CCC(=O)C=C1CC[C@@H]1[C@H]2[C@@H](O)C[C@@]2(C)[C@@H]1CC[C@]2(O)C(=O)COC(=O)CCC(=O)NCCc1ccc(F)cc1. The van der Waals surface area contributed by atoms with Gasteiger partial charge in [0.25, 0.3) is 0 Å². The fraction of sp³-hybridized carbons (Fsp3) is 0.636. The predicted octanol–water partition coefficient (Wildman–Crippen LogP) is 3.61. The highest BCUT2D eigenvalue weighted by Gasteiger charge is 2.68. The van der Waals surface area contributed by atoms with Crippen molar-refractivity contribution in [2.75, 3.05) is 13.2 Å². The average molecular weight is 584 g/mol. The third-order valence-electron chi connectivity index (χ3n) is 11.1. The van der Waals surface area contributed by atoms with E-state index in [1.54, 1.807) is 18.2 Å². The second kappa shape index (κ2) is 11.6. The van der Waals surface area contributed by atoms with E-state index in [-0.39, 0.29) is 66.4 Å². The van der Waals surface area contributed by atoms with Crippen molar-refractivity contribution in [2.24, 2.45) is 28.6 Å². The molecule has 0 bridgehead atoms. The first-order valence-corrected chi connectivity index (χ1v) is 15.2. The van der Waals surface area contributed by atoms with Gasteiger partial charge in [-0.3, -0.25) is 19.2 Å². The van der Waals surface area contributed by atoms with Crippen LogP contribution in [0.15, 0.2) is 35.9 Å². The topological polar surface area (TPSA) is 130 Å². The van der Waals surface area contributed by atoms with Crippen LogP contribution in [0.25, 0.3) is 0 Å². The van der Waals surface area contributed by atoms with Crippen LogP contribution in [-0.2, 0) is 30.3 Å². The second-order valence-electron chi connectivity index (χ2n) is 13.3. The standard InChI is InChI=1S/C33H42FNO7/c1-31-14-11-23(36)17-21(31)5-8-24-25-12-15-33(41,32(25,2)18-26(37)30(24)31)27(38)19-42-29(40)10-9-28(39)35-16-13-20-3-6-22(34)7-4-20/h3-4,6-7,17,24-26,30,37,41H,5,8-16,18-19H2,1-2H3,(H,35,39)/t24-,25+,26-,30-,31-,32-,33-/m0/s1. The molecule has 42 heavy (non-hydrogen) atoms. The number of rotatable bonds is 9. The highest BCUT2D eigenvalue weighted by atomic mass is 19.1. The number of esters is 1. The number of nitrogens with one attached hydrogen (secondary N) is 1. The molecule has 1 aromatic carbocycles. The van der Waals surface area contributed by atoms with Gasteiger partial charge in [-0.1, -0.05) is 31.6 Å². The van der Waals surface area contributed by atoms with Crippen LogP contribution < -0.4 is 5.32 Å². The smallest absolute Gasteiger partial charge is 0.306 e. The molecule has 0 heterocycles. The molecular weight excluding hydrogens is 541 g/mol. The number of ketones is 2. The first kappa shape index (κ1) is 30.5. The molecule has 7 atom stereocenters. The highest BCUT2D eigenvalue weighted by Crippen LogP contribution is 2.67. The quantitative estimate of drug-likeness (QED) is 0.379. The zero-order chi connectivity index (χ0) is 30.3. The minimum Gasteiger partial charge on any atom is -0.458 e. The molecule has 5 rings (SSSR count). The van der Waals surface area contributed by atoms with Gasteiger partial charge in [0.15, 0.2) is 12.4 Å². The molecule has 3 saturated carbocycles. The Labute approximate surface area is 246 Å². The van der Waals surface area contributed by atoms with Crippen molar-refractivity contribution in [3.8, 4) is 0 Å². The molecule has 0 spiro atoms. The number of halogens is 1. The van der Waals surface area contributed by atoms with E-state index in [1.165, 1.54) is 12.1 Å². The summed E-state index contributed by atoms with van der Waals surface area (Å²) < 4.78 is 18.2. The summed E-state index contributed by atoms with van der Waals surface area (Å²) in [5.41, 5.74) is -0.836. The molecule has 3 N–H and O–H groups in total. The van der Waals surface area contributed by atoms with E-state index in [1.807, 2.05) is 6.92 Å². The van der Waals surface area contributed by atoms with Crippen LogP contribution in [0.1, 0.15) is 77.2 Å². The Morgan fingerprint density at radius 2 is 1.81 bits per heavy atom. The first-order chi connectivity index (χ1) is 19.9. The summed E-state index contributed by atoms with van der Waals surface area (Å²) in [6, 6.07) is 6.00. The van der Waals surface area contributed by atoms with E-state index in [4.69, 9.17) is 4.74 Å². The van der Waals surface area contributed by atoms with Gasteiger partial charge in [0.1, 0.15) is 11.4 Å². The lowest BCUT2D eigenvalue weighted by Gasteiger charge is -2.60. The second-order valence-corrected chi connectivity index (χ2v) is 13.3. The van der Waals surface area contributed by atoms with E-state index < -0.39 is 35.5 Å². The number of aliphatic hydroxyl groups is 2. The summed E-state index contributed by atoms with van der Waals surface area (Å²) in [4.78, 5) is 50.0. The largest absolute Gasteiger partial charge is 0.458 e. The molecule has 4 aliphatic rings. The normalized spacial score (nSPS) is 35.4. The van der Waals surface area contributed by atoms with Gasteiger partial charge in [-0.05, 0) is 91.9 Å². The maximum atomic E-state index is 13.4. The number of carbonyl (C=O) groups is 4. The Morgan fingerprint density at radius 1 is 1.07 bits per heavy atom. The number of ether oxygens (including phenoxy) is 1. The van der Waals surface area contributed by atoms with Crippen LogP contribution >= 0.6 is 0 Å². The molecular formula is C33H42FNO7. The number of carbonyl (C=O) groups excluding carboxylic acids is 4. The summed E-state index contributed by atoms with van der Waals surface area (Å²) in [5, 5.41) is 26.0. The molecule has 0 saturated heterocycles. The Morgan fingerprint density at radius 3 is 2.55 bits per heavy atom. The summed E-state index contributed by atoms with van der Waals surface area (Å²) in [6.07, 6.45) is 5.22. The molecule has 0 unspecified atom stereocenters. The number of allylic oxidation sites excluding steroid dienone is 1. The van der Waals surface area contributed by atoms with Crippen molar-refractivity contribution < 1.29 is 38.5 Å². The Balaban J connectivity index is 1.13. The van der Waals surface area contributed by atoms with Crippen LogP contribution in [-0.4, -0.2) is 58.5 Å². The molecule has 0 aromatic heterocycles. The van der Waals surface area contributed by atoms with Crippen LogP contribution in [0, 0.1) is 34.4 Å². The van der Waals surface area contributed by atoms with Gasteiger partial charge in [0, 0.05) is 24.8 Å². The highest BCUT2D eigenvalue weighted by molar-refractivity contribution is 5.92. The van der Waals surface area contributed by atoms with Gasteiger partial charge in [-0.15, -0.1) is 0 Å². The maximum Gasteiger partial charge on any atom is 0.306 e. The van der Waals surface area contributed by atoms with Crippen molar-refractivity contribution in [3.05, 3.63) is 47.3 Å². The molecule has 228 valence electrons. The van der Waals surface area contributed by atoms with E-state index in [0.717, 1.165) is 24.0 Å². The minimum atomic E-state index is -1.72. The number of fused-ring (bicyclic) bond motifs is 5. The lowest BCUT2D eigenvalue weighted by Crippen LogP contribution is -2.62. The number of aliphatic hydroxyl groups excluding tert-OH is 1. The zero-order valence-electron chi connectivity index (χ0n) is 24.5. The van der Waals surface area contributed by atoms with Crippen molar-refractivity contribution >= 4 is 23.4 Å². The monoisotopic (exact) mass is 583 g/mol. The summed E-state index contributed by atoms with van der Waals surface area (Å²) in [5.74, 6) is -1.65. The number of hydrogen-bond acceptors (Lipinski definition) is 7. The molecule has 1 amide bonds. The van der Waals surface area contributed by atoms with Crippen LogP contribution in [0.3, 0.4) is 0 Å². The lowest BCUT2D eigenvalue weighted by atomic mass is 9.45. The molecule has 1 aromatic rings. The van der Waals surface area contributed by atoms with Crippen LogP contribution in [0.4, 0.5) is 4.39 Å². The molecule has 0 aliphatic heterocycles. The van der Waals surface area contributed by atoms with E-state index in [0.29, 0.717) is 32.2 Å². The van der Waals surface area contributed by atoms with E-state index in [9.17, 15) is 33.8 Å². The van der Waals surface area contributed by atoms with Gasteiger partial charge in [0.05, 0.1) is 12.5 Å². The molecule has 8 nitrogen and oxygen atoms in total. The number of amides is 1. The van der Waals surface area contributed by atoms with Gasteiger partial charge in [-0.25, -0.2) is 4.39 Å². The Hall–Kier alpha value is -2.91. The zero-order valence-corrected chi connectivity index (χ0v) is 24.5. The maximum absolute atomic E-state index is 13.4. The van der Waals surface area contributed by atoms with Crippen molar-refractivity contribution in [1.29, 1.82) is 0 Å². The summed E-state index contributed by atoms with van der Waals surface area (Å²) in [6.45, 7) is 3.80.